The molecule has 0 aliphatic heterocycles. The van der Waals surface area contributed by atoms with Crippen molar-refractivity contribution in [3.05, 3.63) is 59.7 Å². The highest BCUT2D eigenvalue weighted by Gasteiger charge is 2.14. The van der Waals surface area contributed by atoms with Crippen LogP contribution in [0.2, 0.25) is 0 Å². The van der Waals surface area contributed by atoms with Crippen LogP contribution in [0, 0.1) is 6.92 Å². The first-order valence-electron chi connectivity index (χ1n) is 8.41. The molecule has 2 rings (SSSR count). The Kier molecular flexibility index (Phi) is 9.03. The number of rotatable bonds is 8. The minimum absolute atomic E-state index is 0. The molecule has 4 nitrogen and oxygen atoms in total. The molecule has 5 heteroatoms. The summed E-state index contributed by atoms with van der Waals surface area (Å²) in [7, 11) is 0. The zero-order valence-electron chi connectivity index (χ0n) is 14.8. The molecule has 0 aromatic heterocycles. The van der Waals surface area contributed by atoms with Crippen LogP contribution in [0.25, 0.3) is 0 Å². The third-order valence-corrected chi connectivity index (χ3v) is 4.00. The first kappa shape index (κ1) is 21.0. The molecule has 0 radical (unpaired) electrons. The second-order valence-corrected chi connectivity index (χ2v) is 5.93. The maximum absolute atomic E-state index is 12.3. The number of ether oxygens (including phenoxy) is 1. The van der Waals surface area contributed by atoms with E-state index in [1.54, 1.807) is 0 Å². The van der Waals surface area contributed by atoms with Gasteiger partial charge in [-0.1, -0.05) is 36.8 Å². The Morgan fingerprint density at radius 1 is 1.12 bits per heavy atom. The average molecular weight is 363 g/mol. The molecule has 0 saturated heterocycles. The van der Waals surface area contributed by atoms with Crippen molar-refractivity contribution >= 4 is 24.0 Å². The molecule has 3 N–H and O–H groups in total. The highest BCUT2D eigenvalue weighted by molar-refractivity contribution is 5.91. The van der Waals surface area contributed by atoms with Crippen LogP contribution in [0.4, 0.5) is 5.69 Å². The average Bonchev–Trinajstić information content (AvgIpc) is 2.60. The first-order valence-corrected chi connectivity index (χ1v) is 8.41. The number of amides is 1. The number of benzene rings is 2. The van der Waals surface area contributed by atoms with Gasteiger partial charge in [-0.25, -0.2) is 0 Å². The lowest BCUT2D eigenvalue weighted by Crippen LogP contribution is -2.15. The molecule has 2 aromatic carbocycles. The van der Waals surface area contributed by atoms with Gasteiger partial charge in [0.15, 0.2) is 0 Å². The topological polar surface area (TPSA) is 64.3 Å². The summed E-state index contributed by atoms with van der Waals surface area (Å²) in [6.45, 7) is 5.15. The number of aryl methyl sites for hydroxylation is 1. The lowest BCUT2D eigenvalue weighted by Gasteiger charge is -2.15. The van der Waals surface area contributed by atoms with Crippen LogP contribution < -0.4 is 15.8 Å². The van der Waals surface area contributed by atoms with Gasteiger partial charge < -0.3 is 15.8 Å². The van der Waals surface area contributed by atoms with E-state index in [2.05, 4.69) is 43.4 Å². The minimum atomic E-state index is 0. The lowest BCUT2D eigenvalue weighted by atomic mass is 9.92. The number of nitrogens with two attached hydrogens (primary N) is 1. The Bertz CT molecular complexity index is 642. The number of carbonyl (C=O) groups excluding carboxylic acids is 1. The summed E-state index contributed by atoms with van der Waals surface area (Å²) < 4.78 is 5.43. The van der Waals surface area contributed by atoms with E-state index >= 15 is 0 Å². The molecule has 136 valence electrons. The number of anilines is 1. The summed E-state index contributed by atoms with van der Waals surface area (Å²) in [5.74, 6) is 1.01. The smallest absolute Gasteiger partial charge is 0.224 e. The first-order chi connectivity index (χ1) is 11.6. The second-order valence-electron chi connectivity index (χ2n) is 5.93. The van der Waals surface area contributed by atoms with Crippen molar-refractivity contribution in [3.8, 4) is 5.75 Å². The van der Waals surface area contributed by atoms with Crippen molar-refractivity contribution in [2.75, 3.05) is 18.5 Å². The van der Waals surface area contributed by atoms with Crippen LogP contribution in [0.3, 0.4) is 0 Å². The molecule has 0 spiro atoms. The molecule has 0 saturated carbocycles. The normalized spacial score (nSPS) is 11.3. The summed E-state index contributed by atoms with van der Waals surface area (Å²) in [5.41, 5.74) is 8.63. The van der Waals surface area contributed by atoms with Crippen LogP contribution >= 0.6 is 12.4 Å². The predicted octanol–water partition coefficient (Wildman–Crippen LogP) is 4.28. The van der Waals surface area contributed by atoms with Crippen LogP contribution in [0.15, 0.2) is 48.5 Å². The number of hydrogen-bond donors (Lipinski definition) is 2. The van der Waals surface area contributed by atoms with E-state index in [0.29, 0.717) is 19.6 Å². The monoisotopic (exact) mass is 362 g/mol. The fourth-order valence-electron chi connectivity index (χ4n) is 2.58. The van der Waals surface area contributed by atoms with Gasteiger partial charge in [0.2, 0.25) is 5.91 Å². The van der Waals surface area contributed by atoms with Gasteiger partial charge in [0, 0.05) is 18.7 Å². The summed E-state index contributed by atoms with van der Waals surface area (Å²) in [6.07, 6.45) is 1.41. The summed E-state index contributed by atoms with van der Waals surface area (Å²) in [5, 5.41) is 2.95. The molecule has 0 aliphatic carbocycles. The van der Waals surface area contributed by atoms with E-state index in [1.807, 2.05) is 24.3 Å². The lowest BCUT2D eigenvalue weighted by molar-refractivity contribution is -0.116. The molecule has 0 heterocycles. The standard InChI is InChI=1S/C20H26N2O2.ClH/c1-3-16(17-6-4-15(2)5-7-17)14-20(23)22-18-8-10-19(11-9-18)24-13-12-21;/h4-11,16H,3,12-14,21H2,1-2H3,(H,22,23);1H. The Balaban J connectivity index is 0.00000312. The molecule has 25 heavy (non-hydrogen) atoms. The van der Waals surface area contributed by atoms with Crippen LogP contribution in [-0.2, 0) is 4.79 Å². The van der Waals surface area contributed by atoms with E-state index in [1.165, 1.54) is 11.1 Å². The number of nitrogens with one attached hydrogen (secondary N) is 1. The minimum Gasteiger partial charge on any atom is -0.492 e. The zero-order chi connectivity index (χ0) is 17.4. The summed E-state index contributed by atoms with van der Waals surface area (Å²) in [4.78, 5) is 12.3. The van der Waals surface area contributed by atoms with Crippen molar-refractivity contribution in [1.82, 2.24) is 0 Å². The van der Waals surface area contributed by atoms with E-state index < -0.39 is 0 Å². The quantitative estimate of drug-likeness (QED) is 0.736. The Hall–Kier alpha value is -2.04. The van der Waals surface area contributed by atoms with Crippen molar-refractivity contribution in [3.63, 3.8) is 0 Å². The van der Waals surface area contributed by atoms with Gasteiger partial charge in [-0.05, 0) is 49.1 Å². The van der Waals surface area contributed by atoms with Gasteiger partial charge in [0.1, 0.15) is 12.4 Å². The molecule has 0 aliphatic rings. The molecular formula is C20H27ClN2O2. The fourth-order valence-corrected chi connectivity index (χ4v) is 2.58. The Morgan fingerprint density at radius 3 is 2.32 bits per heavy atom. The van der Waals surface area contributed by atoms with Crippen molar-refractivity contribution in [2.24, 2.45) is 5.73 Å². The maximum Gasteiger partial charge on any atom is 0.224 e. The van der Waals surface area contributed by atoms with Gasteiger partial charge in [-0.15, -0.1) is 12.4 Å². The Labute approximate surface area is 156 Å². The van der Waals surface area contributed by atoms with Gasteiger partial charge in [-0.3, -0.25) is 4.79 Å². The molecule has 1 atom stereocenters. The number of hydrogen-bond acceptors (Lipinski definition) is 3. The second kappa shape index (κ2) is 10.7. The molecule has 2 aromatic rings. The molecule has 1 amide bonds. The van der Waals surface area contributed by atoms with Gasteiger partial charge in [-0.2, -0.15) is 0 Å². The molecule has 0 fully saturated rings. The van der Waals surface area contributed by atoms with Crippen molar-refractivity contribution < 1.29 is 9.53 Å². The highest BCUT2D eigenvalue weighted by atomic mass is 35.5. The van der Waals surface area contributed by atoms with Gasteiger partial charge in [0.05, 0.1) is 0 Å². The van der Waals surface area contributed by atoms with E-state index in [4.69, 9.17) is 10.5 Å². The van der Waals surface area contributed by atoms with Crippen molar-refractivity contribution in [2.45, 2.75) is 32.6 Å². The van der Waals surface area contributed by atoms with Crippen LogP contribution in [-0.4, -0.2) is 19.1 Å². The summed E-state index contributed by atoms with van der Waals surface area (Å²) in [6, 6.07) is 15.8. The molecule has 1 unspecified atom stereocenters. The predicted molar refractivity (Wildman–Crippen MR) is 106 cm³/mol. The Morgan fingerprint density at radius 2 is 1.76 bits per heavy atom. The van der Waals surface area contributed by atoms with Gasteiger partial charge >= 0.3 is 0 Å². The number of halogens is 1. The number of carbonyl (C=O) groups is 1. The van der Waals surface area contributed by atoms with E-state index in [-0.39, 0.29) is 24.2 Å². The largest absolute Gasteiger partial charge is 0.492 e. The fraction of sp³-hybridized carbons (Fsp3) is 0.350. The molecular weight excluding hydrogens is 336 g/mol. The third-order valence-electron chi connectivity index (χ3n) is 4.00. The maximum atomic E-state index is 12.3. The summed E-state index contributed by atoms with van der Waals surface area (Å²) >= 11 is 0. The van der Waals surface area contributed by atoms with Crippen LogP contribution in [0.1, 0.15) is 36.8 Å². The van der Waals surface area contributed by atoms with Crippen LogP contribution in [0.5, 0.6) is 5.75 Å². The van der Waals surface area contributed by atoms with E-state index in [0.717, 1.165) is 17.9 Å². The highest BCUT2D eigenvalue weighted by Crippen LogP contribution is 2.24. The SMILES string of the molecule is CCC(CC(=O)Nc1ccc(OCCN)cc1)c1ccc(C)cc1.Cl. The third kappa shape index (κ3) is 6.77. The zero-order valence-corrected chi connectivity index (χ0v) is 15.6. The van der Waals surface area contributed by atoms with E-state index in [9.17, 15) is 4.79 Å². The van der Waals surface area contributed by atoms with Gasteiger partial charge in [0.25, 0.3) is 0 Å². The molecule has 0 bridgehead atoms. The van der Waals surface area contributed by atoms with Crippen molar-refractivity contribution in [1.29, 1.82) is 0 Å².